The highest BCUT2D eigenvalue weighted by molar-refractivity contribution is 6.13. The number of alkyl halides is 3. The topological polar surface area (TPSA) is 33.6 Å². The van der Waals surface area contributed by atoms with Crippen LogP contribution in [0.15, 0.2) is 170 Å². The van der Waals surface area contributed by atoms with Crippen LogP contribution in [0.4, 0.5) is 13.2 Å². The zero-order valence-electron chi connectivity index (χ0n) is 31.6. The molecular formula is C52H34F3N3. The number of nitriles is 1. The quantitative estimate of drug-likeness (QED) is 0.172. The minimum absolute atomic E-state index is 0.000562. The maximum absolute atomic E-state index is 14.9. The third-order valence-electron chi connectivity index (χ3n) is 11.5. The van der Waals surface area contributed by atoms with E-state index in [1.54, 1.807) is 18.2 Å². The lowest BCUT2D eigenvalue weighted by atomic mass is 9.94. The van der Waals surface area contributed by atoms with Crippen molar-refractivity contribution in [1.82, 2.24) is 9.13 Å². The van der Waals surface area contributed by atoms with Crippen LogP contribution in [0.25, 0.3) is 88.4 Å². The van der Waals surface area contributed by atoms with E-state index in [2.05, 4.69) is 85.1 Å². The zero-order valence-corrected chi connectivity index (χ0v) is 31.6. The summed E-state index contributed by atoms with van der Waals surface area (Å²) in [5.41, 5.74) is 10.7. The van der Waals surface area contributed by atoms with Gasteiger partial charge >= 0.3 is 6.18 Å². The molecule has 6 heteroatoms. The van der Waals surface area contributed by atoms with Crippen molar-refractivity contribution >= 4 is 43.6 Å². The zero-order chi connectivity index (χ0) is 39.7. The number of nitrogens with zero attached hydrogens (tertiary/aromatic N) is 3. The van der Waals surface area contributed by atoms with Gasteiger partial charge in [0.2, 0.25) is 0 Å². The molecule has 0 N–H and O–H groups in total. The number of fused-ring (bicyclic) bond motifs is 6. The monoisotopic (exact) mass is 757 g/mol. The largest absolute Gasteiger partial charge is 0.417 e. The molecule has 278 valence electrons. The standard InChI is InChI=1S/C52H34F3N3/c1-32-13-3-5-15-36(32)34-23-26-48-42(29-34)39-18-8-11-21-46(39)57(48)50-28-25-41(38-17-7-10-20-45(38)52(53,54)55)51(44(50)31-56)58-47-22-12-9-19-40(47)43-30-35(24-27-49(43)58)37-16-6-4-14-33(37)2/h3-30H,1-2H3. The number of halogens is 3. The summed E-state index contributed by atoms with van der Waals surface area (Å²) in [5.74, 6) is 0. The maximum Gasteiger partial charge on any atom is 0.417 e. The highest BCUT2D eigenvalue weighted by Crippen LogP contribution is 2.46. The molecule has 3 nitrogen and oxygen atoms in total. The minimum Gasteiger partial charge on any atom is -0.308 e. The van der Waals surface area contributed by atoms with E-state index < -0.39 is 11.7 Å². The number of para-hydroxylation sites is 2. The Kier molecular flexibility index (Phi) is 8.10. The Balaban J connectivity index is 1.33. The fraction of sp³-hybridized carbons (Fsp3) is 0.0577. The van der Waals surface area contributed by atoms with Crippen molar-refractivity contribution in [3.8, 4) is 50.8 Å². The summed E-state index contributed by atoms with van der Waals surface area (Å²) in [6.07, 6.45) is -4.63. The molecule has 2 aromatic heterocycles. The number of hydrogen-bond donors (Lipinski definition) is 0. The fourth-order valence-corrected chi connectivity index (χ4v) is 8.87. The third-order valence-corrected chi connectivity index (χ3v) is 11.5. The molecule has 0 unspecified atom stereocenters. The summed E-state index contributed by atoms with van der Waals surface area (Å²) in [4.78, 5) is 0. The van der Waals surface area contributed by atoms with E-state index in [1.807, 2.05) is 77.4 Å². The van der Waals surface area contributed by atoms with E-state index in [0.717, 1.165) is 83.1 Å². The highest BCUT2D eigenvalue weighted by Gasteiger charge is 2.35. The van der Waals surface area contributed by atoms with Gasteiger partial charge in [0.25, 0.3) is 0 Å². The smallest absolute Gasteiger partial charge is 0.308 e. The van der Waals surface area contributed by atoms with E-state index in [0.29, 0.717) is 16.9 Å². The molecule has 0 aliphatic heterocycles. The van der Waals surface area contributed by atoms with Gasteiger partial charge in [0.1, 0.15) is 11.6 Å². The Labute approximate surface area is 333 Å². The first kappa shape index (κ1) is 35.1. The van der Waals surface area contributed by atoms with Crippen molar-refractivity contribution in [3.05, 3.63) is 192 Å². The van der Waals surface area contributed by atoms with Gasteiger partial charge < -0.3 is 9.13 Å². The van der Waals surface area contributed by atoms with Crippen LogP contribution in [0.3, 0.4) is 0 Å². The van der Waals surface area contributed by atoms with Gasteiger partial charge in [-0.05, 0) is 101 Å². The molecule has 0 aliphatic carbocycles. The van der Waals surface area contributed by atoms with Crippen LogP contribution < -0.4 is 0 Å². The van der Waals surface area contributed by atoms with Crippen LogP contribution in [-0.2, 0) is 6.18 Å². The maximum atomic E-state index is 14.9. The Morgan fingerprint density at radius 3 is 1.47 bits per heavy atom. The van der Waals surface area contributed by atoms with Crippen molar-refractivity contribution in [3.63, 3.8) is 0 Å². The Hall–Kier alpha value is -7.36. The van der Waals surface area contributed by atoms with E-state index >= 15 is 0 Å². The molecule has 0 aliphatic rings. The first-order valence-corrected chi connectivity index (χ1v) is 19.2. The molecule has 0 fully saturated rings. The van der Waals surface area contributed by atoms with Gasteiger partial charge in [0.05, 0.1) is 39.0 Å². The second-order valence-electron chi connectivity index (χ2n) is 14.8. The normalized spacial score (nSPS) is 11.9. The van der Waals surface area contributed by atoms with Gasteiger partial charge in [-0.25, -0.2) is 0 Å². The van der Waals surface area contributed by atoms with Crippen molar-refractivity contribution < 1.29 is 13.2 Å². The van der Waals surface area contributed by atoms with E-state index in [9.17, 15) is 18.4 Å². The van der Waals surface area contributed by atoms with Gasteiger partial charge in [-0.2, -0.15) is 18.4 Å². The van der Waals surface area contributed by atoms with Gasteiger partial charge in [-0.3, -0.25) is 0 Å². The van der Waals surface area contributed by atoms with Crippen LogP contribution in [0.1, 0.15) is 22.3 Å². The van der Waals surface area contributed by atoms with Crippen LogP contribution in [0.2, 0.25) is 0 Å². The summed E-state index contributed by atoms with van der Waals surface area (Å²) in [7, 11) is 0. The van der Waals surface area contributed by atoms with E-state index in [1.165, 1.54) is 12.1 Å². The molecular weight excluding hydrogens is 724 g/mol. The van der Waals surface area contributed by atoms with Crippen LogP contribution in [0, 0.1) is 25.2 Å². The average Bonchev–Trinajstić information content (AvgIpc) is 3.75. The molecule has 0 radical (unpaired) electrons. The second-order valence-corrected chi connectivity index (χ2v) is 14.8. The summed E-state index contributed by atoms with van der Waals surface area (Å²) in [6.45, 7) is 4.18. The number of aryl methyl sites for hydroxylation is 2. The molecule has 0 amide bonds. The van der Waals surface area contributed by atoms with E-state index in [-0.39, 0.29) is 11.1 Å². The summed E-state index contributed by atoms with van der Waals surface area (Å²) < 4.78 is 48.7. The van der Waals surface area contributed by atoms with Crippen molar-refractivity contribution in [2.45, 2.75) is 20.0 Å². The number of rotatable bonds is 5. The predicted molar refractivity (Wildman–Crippen MR) is 231 cm³/mol. The Morgan fingerprint density at radius 2 is 0.914 bits per heavy atom. The second kappa shape index (κ2) is 13.4. The van der Waals surface area contributed by atoms with Gasteiger partial charge in [-0.15, -0.1) is 0 Å². The molecule has 0 bridgehead atoms. The molecule has 8 aromatic carbocycles. The fourth-order valence-electron chi connectivity index (χ4n) is 8.87. The van der Waals surface area contributed by atoms with Crippen LogP contribution in [-0.4, -0.2) is 9.13 Å². The molecule has 10 rings (SSSR count). The molecule has 0 atom stereocenters. The molecule has 2 heterocycles. The molecule has 0 spiro atoms. The van der Waals surface area contributed by atoms with Gasteiger partial charge in [-0.1, -0.05) is 121 Å². The average molecular weight is 758 g/mol. The number of aromatic nitrogens is 2. The lowest BCUT2D eigenvalue weighted by Gasteiger charge is -2.22. The van der Waals surface area contributed by atoms with Crippen LogP contribution >= 0.6 is 0 Å². The molecule has 0 saturated heterocycles. The Bertz CT molecular complexity index is 3320. The SMILES string of the molecule is Cc1ccccc1-c1ccc2c(c1)c1ccccc1n2-c1ccc(-c2ccccc2C(F)(F)F)c(-n2c3ccccc3c3cc(-c4ccccc4C)ccc32)c1C#N. The highest BCUT2D eigenvalue weighted by atomic mass is 19.4. The lowest BCUT2D eigenvalue weighted by Crippen LogP contribution is -2.10. The first-order chi connectivity index (χ1) is 28.2. The van der Waals surface area contributed by atoms with Crippen molar-refractivity contribution in [2.75, 3.05) is 0 Å². The number of hydrogen-bond acceptors (Lipinski definition) is 1. The van der Waals surface area contributed by atoms with Gasteiger partial charge in [0, 0.05) is 27.1 Å². The van der Waals surface area contributed by atoms with Gasteiger partial charge in [0.15, 0.2) is 0 Å². The van der Waals surface area contributed by atoms with Crippen LogP contribution in [0.5, 0.6) is 0 Å². The number of benzene rings is 8. The summed E-state index contributed by atoms with van der Waals surface area (Å²) >= 11 is 0. The Morgan fingerprint density at radius 1 is 0.448 bits per heavy atom. The first-order valence-electron chi connectivity index (χ1n) is 19.2. The summed E-state index contributed by atoms with van der Waals surface area (Å²) in [5, 5.41) is 15.3. The molecule has 10 aromatic rings. The molecule has 0 saturated carbocycles. The minimum atomic E-state index is -4.63. The summed E-state index contributed by atoms with van der Waals surface area (Å²) in [6, 6.07) is 56.8. The van der Waals surface area contributed by atoms with Crippen molar-refractivity contribution in [2.24, 2.45) is 0 Å². The van der Waals surface area contributed by atoms with Crippen molar-refractivity contribution in [1.29, 1.82) is 5.26 Å². The third kappa shape index (κ3) is 5.43. The lowest BCUT2D eigenvalue weighted by molar-refractivity contribution is -0.137. The predicted octanol–water partition coefficient (Wildman–Crippen LogP) is 14.4. The molecule has 58 heavy (non-hydrogen) atoms. The van der Waals surface area contributed by atoms with E-state index in [4.69, 9.17) is 0 Å².